The van der Waals surface area contributed by atoms with Gasteiger partial charge in [0.15, 0.2) is 0 Å². The molecule has 2 nitrogen and oxygen atoms in total. The van der Waals surface area contributed by atoms with Gasteiger partial charge in [-0.3, -0.25) is 4.79 Å². The largest absolute Gasteiger partial charge is 0.396 e. The number of ketones is 1. The highest BCUT2D eigenvalue weighted by molar-refractivity contribution is 6.31. The molecule has 0 fully saturated rings. The third-order valence-electron chi connectivity index (χ3n) is 2.24. The van der Waals surface area contributed by atoms with Crippen molar-refractivity contribution in [2.45, 2.75) is 26.2 Å². The number of hydrogen-bond donors (Lipinski definition) is 1. The summed E-state index contributed by atoms with van der Waals surface area (Å²) in [7, 11) is 0. The molecule has 0 aliphatic heterocycles. The van der Waals surface area contributed by atoms with Gasteiger partial charge in [0, 0.05) is 24.5 Å². The topological polar surface area (TPSA) is 37.3 Å². The summed E-state index contributed by atoms with van der Waals surface area (Å²) in [5, 5.41) is 9.32. The molecule has 1 aromatic carbocycles. The number of carbonyl (C=O) groups excluding carboxylic acids is 1. The maximum atomic E-state index is 11.4. The molecule has 0 saturated heterocycles. The average Bonchev–Trinajstić information content (AvgIpc) is 2.20. The molecule has 0 unspecified atom stereocenters. The highest BCUT2D eigenvalue weighted by Gasteiger charge is 2.04. The van der Waals surface area contributed by atoms with E-state index in [9.17, 15) is 4.79 Å². The predicted octanol–water partition coefficient (Wildman–Crippen LogP) is 2.53. The second-order valence-electron chi connectivity index (χ2n) is 3.63. The van der Waals surface area contributed by atoms with Gasteiger partial charge in [-0.1, -0.05) is 23.7 Å². The fourth-order valence-electron chi connectivity index (χ4n) is 1.41. The van der Waals surface area contributed by atoms with Crippen LogP contribution in [0.2, 0.25) is 5.02 Å². The van der Waals surface area contributed by atoms with Crippen LogP contribution in [0.5, 0.6) is 0 Å². The third-order valence-corrected chi connectivity index (χ3v) is 2.66. The average molecular weight is 227 g/mol. The van der Waals surface area contributed by atoms with Gasteiger partial charge in [-0.05, 0) is 30.5 Å². The van der Waals surface area contributed by atoms with Gasteiger partial charge in [-0.25, -0.2) is 0 Å². The molecule has 1 N–H and O–H groups in total. The number of aryl methyl sites for hydroxylation is 1. The highest BCUT2D eigenvalue weighted by atomic mass is 35.5. The molecule has 0 saturated carbocycles. The van der Waals surface area contributed by atoms with Crippen LogP contribution < -0.4 is 0 Å². The first-order valence-electron chi connectivity index (χ1n) is 5.01. The zero-order valence-corrected chi connectivity index (χ0v) is 9.55. The summed E-state index contributed by atoms with van der Waals surface area (Å²) in [5.41, 5.74) is 1.98. The van der Waals surface area contributed by atoms with E-state index in [-0.39, 0.29) is 12.4 Å². The van der Waals surface area contributed by atoms with Crippen molar-refractivity contribution in [3.8, 4) is 0 Å². The molecular weight excluding hydrogens is 212 g/mol. The summed E-state index contributed by atoms with van der Waals surface area (Å²) in [4.78, 5) is 11.4. The van der Waals surface area contributed by atoms with Crippen molar-refractivity contribution in [1.29, 1.82) is 0 Å². The Morgan fingerprint density at radius 2 is 2.20 bits per heavy atom. The Balaban J connectivity index is 2.57. The number of aliphatic hydroxyl groups excluding tert-OH is 1. The number of aliphatic hydroxyl groups is 1. The molecule has 1 aromatic rings. The van der Waals surface area contributed by atoms with Gasteiger partial charge in [0.2, 0.25) is 0 Å². The summed E-state index contributed by atoms with van der Waals surface area (Å²) < 4.78 is 0. The Kier molecular flexibility index (Phi) is 4.79. The van der Waals surface area contributed by atoms with Crippen LogP contribution in [0.4, 0.5) is 0 Å². The summed E-state index contributed by atoms with van der Waals surface area (Å²) in [5.74, 6) is 0.158. The summed E-state index contributed by atoms with van der Waals surface area (Å²) in [6.07, 6.45) is 1.42. The Morgan fingerprint density at radius 1 is 1.47 bits per heavy atom. The molecule has 0 aliphatic rings. The fourth-order valence-corrected chi connectivity index (χ4v) is 1.53. The maximum Gasteiger partial charge on any atom is 0.137 e. The van der Waals surface area contributed by atoms with Crippen LogP contribution in [0.3, 0.4) is 0 Å². The molecule has 0 aromatic heterocycles. The zero-order valence-electron chi connectivity index (χ0n) is 8.79. The van der Waals surface area contributed by atoms with Gasteiger partial charge >= 0.3 is 0 Å². The fraction of sp³-hybridized carbons (Fsp3) is 0.417. The standard InChI is InChI=1S/C12H15ClO2/c1-9-7-10(4-5-12(9)13)8-11(15)3-2-6-14/h4-5,7,14H,2-3,6,8H2,1H3. The number of hydrogen-bond acceptors (Lipinski definition) is 2. The Hall–Kier alpha value is -0.860. The minimum absolute atomic E-state index is 0.0748. The second-order valence-corrected chi connectivity index (χ2v) is 4.03. The second kappa shape index (κ2) is 5.89. The van der Waals surface area contributed by atoms with Crippen LogP contribution in [-0.2, 0) is 11.2 Å². The van der Waals surface area contributed by atoms with Crippen LogP contribution in [-0.4, -0.2) is 17.5 Å². The van der Waals surface area contributed by atoms with Crippen molar-refractivity contribution in [3.05, 3.63) is 34.3 Å². The molecule has 0 bridgehead atoms. The number of carbonyl (C=O) groups is 1. The van der Waals surface area contributed by atoms with E-state index in [1.165, 1.54) is 0 Å². The van der Waals surface area contributed by atoms with Crippen LogP contribution >= 0.6 is 11.6 Å². The van der Waals surface area contributed by atoms with E-state index in [2.05, 4.69) is 0 Å². The summed E-state index contributed by atoms with van der Waals surface area (Å²) >= 11 is 5.88. The van der Waals surface area contributed by atoms with Crippen LogP contribution in [0, 0.1) is 6.92 Å². The van der Waals surface area contributed by atoms with Crippen molar-refractivity contribution < 1.29 is 9.90 Å². The van der Waals surface area contributed by atoms with E-state index in [1.54, 1.807) is 0 Å². The SMILES string of the molecule is Cc1cc(CC(=O)CCCO)ccc1Cl. The van der Waals surface area contributed by atoms with Crippen molar-refractivity contribution in [2.75, 3.05) is 6.61 Å². The molecule has 0 aliphatic carbocycles. The van der Waals surface area contributed by atoms with Gasteiger partial charge in [-0.15, -0.1) is 0 Å². The lowest BCUT2D eigenvalue weighted by atomic mass is 10.0. The minimum Gasteiger partial charge on any atom is -0.396 e. The molecule has 15 heavy (non-hydrogen) atoms. The van der Waals surface area contributed by atoms with Gasteiger partial charge in [0.25, 0.3) is 0 Å². The summed E-state index contributed by atoms with van der Waals surface area (Å²) in [6, 6.07) is 5.61. The lowest BCUT2D eigenvalue weighted by Crippen LogP contribution is -2.03. The molecular formula is C12H15ClO2. The van der Waals surface area contributed by atoms with Gasteiger partial charge in [-0.2, -0.15) is 0 Å². The van der Waals surface area contributed by atoms with Crippen LogP contribution in [0.1, 0.15) is 24.0 Å². The first kappa shape index (κ1) is 12.2. The van der Waals surface area contributed by atoms with Crippen LogP contribution in [0.15, 0.2) is 18.2 Å². The number of Topliss-reactive ketones (excluding diaryl/α,β-unsaturated/α-hetero) is 1. The van der Waals surface area contributed by atoms with Crippen molar-refractivity contribution in [1.82, 2.24) is 0 Å². The van der Waals surface area contributed by atoms with Gasteiger partial charge in [0.1, 0.15) is 5.78 Å². The lowest BCUT2D eigenvalue weighted by molar-refractivity contribution is -0.118. The zero-order chi connectivity index (χ0) is 11.3. The molecule has 3 heteroatoms. The number of rotatable bonds is 5. The van der Waals surface area contributed by atoms with E-state index in [1.807, 2.05) is 25.1 Å². The maximum absolute atomic E-state index is 11.4. The summed E-state index contributed by atoms with van der Waals surface area (Å²) in [6.45, 7) is 2.00. The first-order chi connectivity index (χ1) is 7.13. The van der Waals surface area contributed by atoms with E-state index in [0.717, 1.165) is 16.1 Å². The highest BCUT2D eigenvalue weighted by Crippen LogP contribution is 2.17. The van der Waals surface area contributed by atoms with E-state index in [4.69, 9.17) is 16.7 Å². The quantitative estimate of drug-likeness (QED) is 0.838. The predicted molar refractivity (Wildman–Crippen MR) is 61.2 cm³/mol. The Labute approximate surface area is 94.9 Å². The van der Waals surface area contributed by atoms with Gasteiger partial charge < -0.3 is 5.11 Å². The van der Waals surface area contributed by atoms with Crippen molar-refractivity contribution in [2.24, 2.45) is 0 Å². The number of halogens is 1. The van der Waals surface area contributed by atoms with E-state index in [0.29, 0.717) is 19.3 Å². The minimum atomic E-state index is 0.0748. The molecule has 82 valence electrons. The van der Waals surface area contributed by atoms with Crippen molar-refractivity contribution in [3.63, 3.8) is 0 Å². The van der Waals surface area contributed by atoms with E-state index < -0.39 is 0 Å². The monoisotopic (exact) mass is 226 g/mol. The first-order valence-corrected chi connectivity index (χ1v) is 5.39. The lowest BCUT2D eigenvalue weighted by Gasteiger charge is -2.03. The Bertz CT molecular complexity index is 347. The van der Waals surface area contributed by atoms with Crippen molar-refractivity contribution >= 4 is 17.4 Å². The third kappa shape index (κ3) is 4.02. The van der Waals surface area contributed by atoms with Gasteiger partial charge in [0.05, 0.1) is 0 Å². The normalized spacial score (nSPS) is 10.3. The molecule has 0 amide bonds. The molecule has 0 heterocycles. The number of benzene rings is 1. The molecule has 0 radical (unpaired) electrons. The van der Waals surface area contributed by atoms with Crippen LogP contribution in [0.25, 0.3) is 0 Å². The molecule has 0 atom stereocenters. The molecule has 1 rings (SSSR count). The smallest absolute Gasteiger partial charge is 0.137 e. The molecule has 0 spiro atoms. The van der Waals surface area contributed by atoms with E-state index >= 15 is 0 Å². The Morgan fingerprint density at radius 3 is 2.80 bits per heavy atom.